The number of hydrogen-bond donors (Lipinski definition) is 2. The highest BCUT2D eigenvalue weighted by molar-refractivity contribution is 7.92. The number of halogens is 2. The fourth-order valence-corrected chi connectivity index (χ4v) is 2.69. The fraction of sp³-hybridized carbons (Fsp3) is 0.182. The highest BCUT2D eigenvalue weighted by Gasteiger charge is 2.17. The first-order valence-corrected chi connectivity index (χ1v) is 7.29. The molecule has 0 fully saturated rings. The molecule has 0 saturated carbocycles. The number of rotatable bonds is 4. The Labute approximate surface area is 114 Å². The lowest BCUT2D eigenvalue weighted by atomic mass is 10.3. The molecule has 5 nitrogen and oxygen atoms in total. The topological polar surface area (TPSA) is 74.8 Å². The number of hydrogen-bond acceptors (Lipinski definition) is 3. The van der Waals surface area contributed by atoms with Crippen LogP contribution in [0.3, 0.4) is 0 Å². The van der Waals surface area contributed by atoms with Crippen LogP contribution in [0.2, 0.25) is 5.02 Å². The zero-order valence-electron chi connectivity index (χ0n) is 9.94. The molecule has 2 rings (SSSR count). The van der Waals surface area contributed by atoms with Crippen LogP contribution >= 0.6 is 11.6 Å². The molecule has 1 aromatic carbocycles. The predicted molar refractivity (Wildman–Crippen MR) is 70.2 cm³/mol. The van der Waals surface area contributed by atoms with E-state index in [-0.39, 0.29) is 15.7 Å². The molecule has 0 unspecified atom stereocenters. The fourth-order valence-electron chi connectivity index (χ4n) is 1.48. The van der Waals surface area contributed by atoms with E-state index in [0.717, 1.165) is 12.1 Å². The summed E-state index contributed by atoms with van der Waals surface area (Å²) < 4.78 is 39.4. The second-order valence-electron chi connectivity index (χ2n) is 3.81. The van der Waals surface area contributed by atoms with Crippen molar-refractivity contribution in [2.45, 2.75) is 18.4 Å². The van der Waals surface area contributed by atoms with Gasteiger partial charge in [0, 0.05) is 11.4 Å². The lowest BCUT2D eigenvalue weighted by Crippen LogP contribution is -2.13. The van der Waals surface area contributed by atoms with Crippen molar-refractivity contribution >= 4 is 27.3 Å². The van der Waals surface area contributed by atoms with E-state index in [1.807, 2.05) is 6.92 Å². The summed E-state index contributed by atoms with van der Waals surface area (Å²) in [6.45, 7) is 1.84. The predicted octanol–water partition coefficient (Wildman–Crippen LogP) is 2.57. The number of H-pyrrole nitrogens is 1. The van der Waals surface area contributed by atoms with E-state index >= 15 is 0 Å². The Hall–Kier alpha value is -1.60. The third-order valence-corrected chi connectivity index (χ3v) is 3.85. The van der Waals surface area contributed by atoms with Crippen molar-refractivity contribution in [3.05, 3.63) is 41.1 Å². The number of anilines is 1. The molecule has 0 aliphatic heterocycles. The normalized spacial score (nSPS) is 11.5. The molecule has 0 bridgehead atoms. The van der Waals surface area contributed by atoms with Gasteiger partial charge in [-0.3, -0.25) is 4.72 Å². The minimum absolute atomic E-state index is 0.0534. The number of aryl methyl sites for hydroxylation is 1. The lowest BCUT2D eigenvalue weighted by Gasteiger charge is -2.06. The van der Waals surface area contributed by atoms with Gasteiger partial charge < -0.3 is 4.98 Å². The number of nitrogens with one attached hydrogen (secondary N) is 2. The van der Waals surface area contributed by atoms with Gasteiger partial charge in [-0.25, -0.2) is 9.37 Å². The monoisotopic (exact) mass is 303 g/mol. The molecule has 102 valence electrons. The van der Waals surface area contributed by atoms with Crippen LogP contribution in [0, 0.1) is 5.82 Å². The largest absolute Gasteiger partial charge is 0.332 e. The third-order valence-electron chi connectivity index (χ3n) is 2.34. The van der Waals surface area contributed by atoms with Crippen LogP contribution in [-0.4, -0.2) is 18.4 Å². The molecule has 0 saturated heterocycles. The van der Waals surface area contributed by atoms with Gasteiger partial charge in [-0.1, -0.05) is 18.5 Å². The summed E-state index contributed by atoms with van der Waals surface area (Å²) in [6, 6.07) is 3.45. The van der Waals surface area contributed by atoms with E-state index in [0.29, 0.717) is 12.2 Å². The summed E-state index contributed by atoms with van der Waals surface area (Å²) in [7, 11) is -3.83. The van der Waals surface area contributed by atoms with Crippen LogP contribution < -0.4 is 4.72 Å². The standard InChI is InChI=1S/C11H11ClFN3O2S/c1-2-10-14-6-11(15-10)19(17,18)16-9-4-7(12)3-8(13)5-9/h3-6,16H,2H2,1H3,(H,14,15). The Morgan fingerprint density at radius 1 is 1.42 bits per heavy atom. The molecule has 0 aliphatic rings. The van der Waals surface area contributed by atoms with E-state index in [4.69, 9.17) is 11.6 Å². The number of imidazole rings is 1. The summed E-state index contributed by atoms with van der Waals surface area (Å²) >= 11 is 5.66. The molecule has 0 radical (unpaired) electrons. The van der Waals surface area contributed by atoms with Crippen LogP contribution in [0.5, 0.6) is 0 Å². The van der Waals surface area contributed by atoms with Gasteiger partial charge in [0.05, 0.1) is 11.9 Å². The van der Waals surface area contributed by atoms with Crippen molar-refractivity contribution in [2.75, 3.05) is 4.72 Å². The number of benzene rings is 1. The van der Waals surface area contributed by atoms with Gasteiger partial charge in [0.1, 0.15) is 11.6 Å². The molecule has 1 heterocycles. The minimum Gasteiger partial charge on any atom is -0.332 e. The minimum atomic E-state index is -3.83. The molecule has 8 heteroatoms. The average Bonchev–Trinajstić information content (AvgIpc) is 2.75. The molecule has 0 spiro atoms. The molecular weight excluding hydrogens is 293 g/mol. The first-order chi connectivity index (χ1) is 8.90. The van der Waals surface area contributed by atoms with Crippen molar-refractivity contribution in [3.8, 4) is 0 Å². The van der Waals surface area contributed by atoms with E-state index < -0.39 is 15.8 Å². The lowest BCUT2D eigenvalue weighted by molar-refractivity contribution is 0.598. The Kier molecular flexibility index (Phi) is 3.77. The Morgan fingerprint density at radius 2 is 2.16 bits per heavy atom. The highest BCUT2D eigenvalue weighted by atomic mass is 35.5. The van der Waals surface area contributed by atoms with Crippen LogP contribution in [0.4, 0.5) is 10.1 Å². The quantitative estimate of drug-likeness (QED) is 0.911. The summed E-state index contributed by atoms with van der Waals surface area (Å²) in [5.74, 6) is -0.0679. The average molecular weight is 304 g/mol. The highest BCUT2D eigenvalue weighted by Crippen LogP contribution is 2.20. The second-order valence-corrected chi connectivity index (χ2v) is 5.90. The number of sulfonamides is 1. The number of aromatic amines is 1. The van der Waals surface area contributed by atoms with E-state index in [2.05, 4.69) is 14.7 Å². The number of aromatic nitrogens is 2. The maximum absolute atomic E-state index is 13.1. The van der Waals surface area contributed by atoms with E-state index in [9.17, 15) is 12.8 Å². The molecule has 2 aromatic rings. The molecule has 2 N–H and O–H groups in total. The maximum Gasteiger partial charge on any atom is 0.278 e. The van der Waals surface area contributed by atoms with Crippen molar-refractivity contribution in [1.29, 1.82) is 0 Å². The Morgan fingerprint density at radius 3 is 2.74 bits per heavy atom. The molecule has 0 amide bonds. The third kappa shape index (κ3) is 3.24. The maximum atomic E-state index is 13.1. The van der Waals surface area contributed by atoms with Gasteiger partial charge in [-0.2, -0.15) is 8.42 Å². The smallest absolute Gasteiger partial charge is 0.278 e. The van der Waals surface area contributed by atoms with Gasteiger partial charge >= 0.3 is 0 Å². The zero-order valence-corrected chi connectivity index (χ0v) is 11.5. The van der Waals surface area contributed by atoms with Crippen molar-refractivity contribution in [1.82, 2.24) is 9.97 Å². The molecule has 0 atom stereocenters. The van der Waals surface area contributed by atoms with Gasteiger partial charge in [0.2, 0.25) is 0 Å². The summed E-state index contributed by atoms with van der Waals surface area (Å²) in [5, 5.41) is 0.0290. The van der Waals surface area contributed by atoms with Gasteiger partial charge in [0.25, 0.3) is 10.0 Å². The second kappa shape index (κ2) is 5.18. The summed E-state index contributed by atoms with van der Waals surface area (Å²) in [6.07, 6.45) is 1.80. The van der Waals surface area contributed by atoms with Gasteiger partial charge in [-0.15, -0.1) is 0 Å². The Balaban J connectivity index is 2.30. The molecule has 1 aromatic heterocycles. The Bertz CT molecular complexity index is 679. The molecule has 19 heavy (non-hydrogen) atoms. The van der Waals surface area contributed by atoms with E-state index in [1.54, 1.807) is 0 Å². The van der Waals surface area contributed by atoms with Gasteiger partial charge in [-0.05, 0) is 18.2 Å². The van der Waals surface area contributed by atoms with Crippen LogP contribution in [0.15, 0.2) is 29.4 Å². The van der Waals surface area contributed by atoms with Crippen LogP contribution in [0.25, 0.3) is 0 Å². The molecule has 0 aliphatic carbocycles. The first-order valence-electron chi connectivity index (χ1n) is 5.43. The SMILES string of the molecule is CCc1ncc(S(=O)(=O)Nc2cc(F)cc(Cl)c2)[nH]1. The summed E-state index contributed by atoms with van der Waals surface area (Å²) in [4.78, 5) is 6.57. The van der Waals surface area contributed by atoms with Crippen molar-refractivity contribution < 1.29 is 12.8 Å². The van der Waals surface area contributed by atoms with Crippen LogP contribution in [-0.2, 0) is 16.4 Å². The van der Waals surface area contributed by atoms with Crippen molar-refractivity contribution in [3.63, 3.8) is 0 Å². The van der Waals surface area contributed by atoms with Crippen LogP contribution in [0.1, 0.15) is 12.7 Å². The van der Waals surface area contributed by atoms with Gasteiger partial charge in [0.15, 0.2) is 5.03 Å². The van der Waals surface area contributed by atoms with E-state index in [1.165, 1.54) is 12.3 Å². The first kappa shape index (κ1) is 13.8. The number of nitrogens with zero attached hydrogens (tertiary/aromatic N) is 1. The zero-order chi connectivity index (χ0) is 14.0. The van der Waals surface area contributed by atoms with Crippen molar-refractivity contribution in [2.24, 2.45) is 0 Å². The summed E-state index contributed by atoms with van der Waals surface area (Å²) in [5.41, 5.74) is 0.0534. The molecular formula is C11H11ClFN3O2S.